The predicted octanol–water partition coefficient (Wildman–Crippen LogP) is 5.83. The van der Waals surface area contributed by atoms with Gasteiger partial charge < -0.3 is 15.0 Å². The number of rotatable bonds is 6. The van der Waals surface area contributed by atoms with Gasteiger partial charge in [-0.2, -0.15) is 0 Å². The molecule has 0 saturated heterocycles. The molecule has 0 radical (unpaired) electrons. The summed E-state index contributed by atoms with van der Waals surface area (Å²) in [5, 5.41) is 15.7. The van der Waals surface area contributed by atoms with Gasteiger partial charge in [-0.3, -0.25) is 0 Å². The van der Waals surface area contributed by atoms with E-state index in [1.807, 2.05) is 104 Å². The van der Waals surface area contributed by atoms with Gasteiger partial charge in [0.2, 0.25) is 0 Å². The van der Waals surface area contributed by atoms with Crippen LogP contribution in [0.3, 0.4) is 0 Å². The van der Waals surface area contributed by atoms with Crippen molar-refractivity contribution in [2.45, 2.75) is 12.7 Å². The zero-order valence-corrected chi connectivity index (χ0v) is 17.7. The minimum atomic E-state index is -3.23. The second-order valence-corrected chi connectivity index (χ2v) is 10.2. The molecular formula is C26H24NO2P. The molecule has 2 N–H and O–H groups in total. The van der Waals surface area contributed by atoms with Crippen LogP contribution in [0, 0.1) is 6.92 Å². The van der Waals surface area contributed by atoms with E-state index in [2.05, 4.69) is 5.32 Å². The quantitative estimate of drug-likeness (QED) is 0.391. The van der Waals surface area contributed by atoms with Crippen molar-refractivity contribution in [2.24, 2.45) is 0 Å². The molecule has 0 heterocycles. The van der Waals surface area contributed by atoms with Gasteiger partial charge in [0.05, 0.1) is 0 Å². The summed E-state index contributed by atoms with van der Waals surface area (Å²) >= 11 is 0. The Hall–Kier alpha value is -3.29. The van der Waals surface area contributed by atoms with Crippen LogP contribution in [0.2, 0.25) is 0 Å². The molecule has 0 spiro atoms. The largest absolute Gasteiger partial charge is 0.508 e. The number of aryl methyl sites for hydroxylation is 1. The number of para-hydroxylation sites is 1. The van der Waals surface area contributed by atoms with Gasteiger partial charge in [-0.05, 0) is 25.1 Å². The fourth-order valence-corrected chi connectivity index (χ4v) is 6.70. The van der Waals surface area contributed by atoms with E-state index in [9.17, 15) is 9.67 Å². The van der Waals surface area contributed by atoms with Crippen molar-refractivity contribution in [2.75, 3.05) is 5.32 Å². The van der Waals surface area contributed by atoms with E-state index in [1.54, 1.807) is 12.1 Å². The lowest BCUT2D eigenvalue weighted by molar-refractivity contribution is 0.467. The van der Waals surface area contributed by atoms with E-state index in [0.717, 1.165) is 21.9 Å². The number of anilines is 1. The SMILES string of the molecule is Cc1ccc(NC(c2ccccc2O)P(=O)(c2ccccc2)c2ccccc2)cc1. The number of hydrogen-bond acceptors (Lipinski definition) is 3. The Bertz CT molecular complexity index is 1120. The van der Waals surface area contributed by atoms with E-state index >= 15 is 0 Å². The molecule has 30 heavy (non-hydrogen) atoms. The smallest absolute Gasteiger partial charge is 0.168 e. The van der Waals surface area contributed by atoms with E-state index < -0.39 is 12.9 Å². The third kappa shape index (κ3) is 3.90. The van der Waals surface area contributed by atoms with Crippen molar-refractivity contribution < 1.29 is 9.67 Å². The van der Waals surface area contributed by atoms with Gasteiger partial charge in [0.15, 0.2) is 7.14 Å². The fraction of sp³-hybridized carbons (Fsp3) is 0.0769. The Morgan fingerprint density at radius 3 is 1.73 bits per heavy atom. The molecule has 0 aliphatic heterocycles. The van der Waals surface area contributed by atoms with Crippen molar-refractivity contribution in [3.63, 3.8) is 0 Å². The maximum absolute atomic E-state index is 15.0. The standard InChI is InChI=1S/C26H24NO2P/c1-20-16-18-21(19-17-20)27-26(24-14-8-9-15-25(24)28)30(29,22-10-4-2-5-11-22)23-12-6-3-7-13-23/h2-19,26-28H,1H3. The van der Waals surface area contributed by atoms with E-state index in [1.165, 1.54) is 0 Å². The number of benzene rings is 4. The molecule has 0 bridgehead atoms. The van der Waals surface area contributed by atoms with Crippen LogP contribution in [-0.2, 0) is 4.57 Å². The lowest BCUT2D eigenvalue weighted by Gasteiger charge is -2.31. The average Bonchev–Trinajstić information content (AvgIpc) is 2.80. The highest BCUT2D eigenvalue weighted by Gasteiger charge is 2.39. The topological polar surface area (TPSA) is 49.3 Å². The minimum absolute atomic E-state index is 0.120. The van der Waals surface area contributed by atoms with Gasteiger partial charge >= 0.3 is 0 Å². The summed E-state index contributed by atoms with van der Waals surface area (Å²) in [6, 6.07) is 34.1. The normalized spacial score (nSPS) is 12.3. The Morgan fingerprint density at radius 1 is 0.700 bits per heavy atom. The molecule has 0 aliphatic rings. The summed E-state index contributed by atoms with van der Waals surface area (Å²) < 4.78 is 15.0. The van der Waals surface area contributed by atoms with Crippen LogP contribution in [0.15, 0.2) is 109 Å². The highest BCUT2D eigenvalue weighted by Crippen LogP contribution is 2.58. The van der Waals surface area contributed by atoms with Crippen molar-refractivity contribution in [1.29, 1.82) is 0 Å². The molecule has 1 unspecified atom stereocenters. The number of nitrogens with one attached hydrogen (secondary N) is 1. The summed E-state index contributed by atoms with van der Waals surface area (Å²) in [4.78, 5) is 0. The summed E-state index contributed by atoms with van der Waals surface area (Å²) in [7, 11) is -3.23. The Balaban J connectivity index is 1.95. The predicted molar refractivity (Wildman–Crippen MR) is 125 cm³/mol. The molecule has 0 aliphatic carbocycles. The average molecular weight is 413 g/mol. The highest BCUT2D eigenvalue weighted by atomic mass is 31.2. The molecule has 0 aromatic heterocycles. The Labute approximate surface area is 177 Å². The Kier molecular flexibility index (Phi) is 5.74. The molecule has 3 nitrogen and oxygen atoms in total. The van der Waals surface area contributed by atoms with Crippen molar-refractivity contribution in [1.82, 2.24) is 0 Å². The van der Waals surface area contributed by atoms with E-state index in [-0.39, 0.29) is 5.75 Å². The third-order valence-corrected chi connectivity index (χ3v) is 8.49. The molecule has 4 rings (SSSR count). The van der Waals surface area contributed by atoms with E-state index in [4.69, 9.17) is 0 Å². The molecule has 0 saturated carbocycles. The van der Waals surface area contributed by atoms with Crippen LogP contribution in [0.25, 0.3) is 0 Å². The van der Waals surface area contributed by atoms with Crippen LogP contribution in [0.1, 0.15) is 16.9 Å². The highest BCUT2D eigenvalue weighted by molar-refractivity contribution is 7.79. The molecule has 1 atom stereocenters. The maximum atomic E-state index is 15.0. The number of phenolic OH excluding ortho intramolecular Hbond substituents is 1. The summed E-state index contributed by atoms with van der Waals surface area (Å²) in [5.74, 6) is -0.514. The lowest BCUT2D eigenvalue weighted by Crippen LogP contribution is -2.25. The van der Waals surface area contributed by atoms with Crippen LogP contribution >= 0.6 is 7.14 Å². The first-order chi connectivity index (χ1) is 14.6. The third-order valence-electron chi connectivity index (χ3n) is 5.23. The maximum Gasteiger partial charge on any atom is 0.168 e. The Morgan fingerprint density at radius 2 is 1.20 bits per heavy atom. The molecule has 4 aromatic carbocycles. The number of hydrogen-bond donors (Lipinski definition) is 2. The summed E-state index contributed by atoms with van der Waals surface area (Å²) in [5.41, 5.74) is 2.60. The van der Waals surface area contributed by atoms with Gasteiger partial charge in [-0.25, -0.2) is 0 Å². The van der Waals surface area contributed by atoms with E-state index in [0.29, 0.717) is 5.56 Å². The molecule has 4 heteroatoms. The lowest BCUT2D eigenvalue weighted by atomic mass is 10.2. The zero-order valence-electron chi connectivity index (χ0n) is 16.8. The van der Waals surface area contributed by atoms with Gasteiger partial charge in [-0.1, -0.05) is 96.6 Å². The molecule has 4 aromatic rings. The van der Waals surface area contributed by atoms with Crippen LogP contribution in [0.4, 0.5) is 5.69 Å². The fourth-order valence-electron chi connectivity index (χ4n) is 3.64. The molecule has 0 fully saturated rings. The number of aromatic hydroxyl groups is 1. The second-order valence-electron chi connectivity index (χ2n) is 7.30. The van der Waals surface area contributed by atoms with Gasteiger partial charge in [-0.15, -0.1) is 0 Å². The van der Waals surface area contributed by atoms with Crippen LogP contribution in [0.5, 0.6) is 5.75 Å². The second kappa shape index (κ2) is 8.61. The monoisotopic (exact) mass is 413 g/mol. The van der Waals surface area contributed by atoms with Crippen molar-refractivity contribution in [3.8, 4) is 5.75 Å². The summed E-state index contributed by atoms with van der Waals surface area (Å²) in [6.07, 6.45) is 0. The van der Waals surface area contributed by atoms with Gasteiger partial charge in [0.1, 0.15) is 11.5 Å². The van der Waals surface area contributed by atoms with Crippen LogP contribution < -0.4 is 15.9 Å². The number of phenols is 1. The zero-order chi connectivity index (χ0) is 21.0. The summed E-state index contributed by atoms with van der Waals surface area (Å²) in [6.45, 7) is 2.03. The van der Waals surface area contributed by atoms with Crippen molar-refractivity contribution in [3.05, 3.63) is 120 Å². The molecule has 0 amide bonds. The first-order valence-corrected chi connectivity index (χ1v) is 11.7. The van der Waals surface area contributed by atoms with Gasteiger partial charge in [0, 0.05) is 21.9 Å². The van der Waals surface area contributed by atoms with Crippen molar-refractivity contribution >= 4 is 23.4 Å². The molecular weight excluding hydrogens is 389 g/mol. The minimum Gasteiger partial charge on any atom is -0.508 e. The first-order valence-electron chi connectivity index (χ1n) is 9.91. The van der Waals surface area contributed by atoms with Gasteiger partial charge in [0.25, 0.3) is 0 Å². The molecule has 150 valence electrons. The van der Waals surface area contributed by atoms with Crippen LogP contribution in [-0.4, -0.2) is 5.11 Å². The first kappa shape index (κ1) is 20.0.